The molecule has 0 radical (unpaired) electrons. The van der Waals surface area contributed by atoms with Gasteiger partial charge >= 0.3 is 0 Å². The minimum absolute atomic E-state index is 0.00605. The van der Waals surface area contributed by atoms with Crippen molar-refractivity contribution in [3.8, 4) is 17.3 Å². The molecule has 2 atom stereocenters. The average Bonchev–Trinajstić information content (AvgIpc) is 3.99. The third-order valence-corrected chi connectivity index (χ3v) is 8.10. The molecule has 3 aliphatic rings. The number of aromatic nitrogens is 2. The summed E-state index contributed by atoms with van der Waals surface area (Å²) in [6.07, 6.45) is 11.4. The highest BCUT2D eigenvalue weighted by molar-refractivity contribution is 7.98. The minimum Gasteiger partial charge on any atom is -0.481 e. The van der Waals surface area contributed by atoms with E-state index in [1.165, 1.54) is 38.0 Å². The van der Waals surface area contributed by atoms with Crippen LogP contribution in [-0.4, -0.2) is 76.8 Å². The second kappa shape index (κ2) is 18.9. The Labute approximate surface area is 263 Å². The fraction of sp³-hybridized carbons (Fsp3) is 0.531. The molecule has 0 spiro atoms. The highest BCUT2D eigenvalue weighted by Gasteiger charge is 2.38. The van der Waals surface area contributed by atoms with E-state index < -0.39 is 6.10 Å². The lowest BCUT2D eigenvalue weighted by atomic mass is 10.2. The number of amides is 3. The number of carbonyl (C=O) groups excluding carboxylic acids is 3. The SMILES string of the molecule is C=CCCCCO[C@H](C)C(=O)N1CCCC1C(=O)NC1CC1.COc1cc(=O)[nH]c(-c2ccccc2)n1.O=CNSC1CC1. The van der Waals surface area contributed by atoms with Crippen LogP contribution >= 0.6 is 11.9 Å². The van der Waals surface area contributed by atoms with Gasteiger partial charge in [-0.15, -0.1) is 6.58 Å². The molecule has 1 saturated heterocycles. The quantitative estimate of drug-likeness (QED) is 0.123. The Morgan fingerprint density at radius 2 is 1.93 bits per heavy atom. The van der Waals surface area contributed by atoms with Gasteiger partial charge in [0.05, 0.1) is 13.2 Å². The molecule has 2 aliphatic carbocycles. The first-order valence-electron chi connectivity index (χ1n) is 15.2. The van der Waals surface area contributed by atoms with E-state index in [2.05, 4.69) is 26.6 Å². The summed E-state index contributed by atoms with van der Waals surface area (Å²) in [4.78, 5) is 54.1. The standard InChI is InChI=1S/C17H28N2O3.C11H10N2O2.C4H7NOS/c1-3-4-5-6-12-22-13(2)17(21)19-11-7-8-15(19)16(20)18-14-9-10-14;1-15-10-7-9(14)12-11(13-10)8-5-3-2-4-6-8;6-3-5-7-4-1-2-4/h3,13-15H,1,4-12H2,2H3,(H,18,20);2-7H,1H3,(H,12,13,14);3-4H,1-2H2,(H,5,6)/t13-,15?;;/m1../s1. The number of nitrogens with one attached hydrogen (secondary N) is 3. The zero-order valence-electron chi connectivity index (χ0n) is 25.7. The Hall–Kier alpha value is -3.64. The number of rotatable bonds is 14. The first-order valence-corrected chi connectivity index (χ1v) is 16.1. The molecule has 5 rings (SSSR count). The molecule has 2 heterocycles. The smallest absolute Gasteiger partial charge is 0.254 e. The van der Waals surface area contributed by atoms with Crippen LogP contribution in [0.1, 0.15) is 64.7 Å². The Balaban J connectivity index is 0.000000205. The summed E-state index contributed by atoms with van der Waals surface area (Å²) in [5, 5.41) is 3.73. The van der Waals surface area contributed by atoms with Crippen molar-refractivity contribution in [2.75, 3.05) is 20.3 Å². The number of unbranched alkanes of at least 4 members (excludes halogenated alkanes) is 2. The Morgan fingerprint density at radius 3 is 2.57 bits per heavy atom. The molecular weight excluding hydrogens is 582 g/mol. The number of hydrogen-bond donors (Lipinski definition) is 3. The molecule has 44 heavy (non-hydrogen) atoms. The topological polar surface area (TPSA) is 143 Å². The van der Waals surface area contributed by atoms with E-state index in [1.807, 2.05) is 36.4 Å². The second-order valence-electron chi connectivity index (χ2n) is 10.8. The Kier molecular flexibility index (Phi) is 15.0. The van der Waals surface area contributed by atoms with Gasteiger partial charge in [-0.05, 0) is 76.7 Å². The van der Waals surface area contributed by atoms with E-state index in [4.69, 9.17) is 9.47 Å². The molecule has 11 nitrogen and oxygen atoms in total. The van der Waals surface area contributed by atoms with E-state index in [0.717, 1.165) is 62.2 Å². The summed E-state index contributed by atoms with van der Waals surface area (Å²) in [6, 6.07) is 10.8. The first-order chi connectivity index (χ1) is 21.4. The number of methoxy groups -OCH3 is 1. The molecule has 0 bridgehead atoms. The first kappa shape index (κ1) is 34.8. The van der Waals surface area contributed by atoms with Crippen molar-refractivity contribution < 1.29 is 23.9 Å². The average molecular weight is 628 g/mol. The molecular formula is C32H45N5O6S. The molecule has 3 fully saturated rings. The summed E-state index contributed by atoms with van der Waals surface area (Å²) in [7, 11) is 1.48. The van der Waals surface area contributed by atoms with Crippen molar-refractivity contribution in [3.05, 3.63) is 59.4 Å². The van der Waals surface area contributed by atoms with Gasteiger partial charge in [0.25, 0.3) is 11.5 Å². The minimum atomic E-state index is -0.474. The molecule has 2 saturated carbocycles. The molecule has 1 aliphatic heterocycles. The number of carbonyl (C=O) groups is 3. The summed E-state index contributed by atoms with van der Waals surface area (Å²) in [5.74, 6) is 0.779. The lowest BCUT2D eigenvalue weighted by Crippen LogP contribution is -2.49. The van der Waals surface area contributed by atoms with Crippen LogP contribution < -0.4 is 20.3 Å². The lowest BCUT2D eigenvalue weighted by molar-refractivity contribution is -0.147. The highest BCUT2D eigenvalue weighted by atomic mass is 32.2. The van der Waals surface area contributed by atoms with Crippen molar-refractivity contribution in [2.45, 2.75) is 88.1 Å². The van der Waals surface area contributed by atoms with E-state index in [-0.39, 0.29) is 23.4 Å². The maximum absolute atomic E-state index is 12.5. The predicted octanol–water partition coefficient (Wildman–Crippen LogP) is 4.01. The molecule has 2 aromatic rings. The van der Waals surface area contributed by atoms with Gasteiger partial charge in [0, 0.05) is 30.0 Å². The number of H-pyrrole nitrogens is 1. The van der Waals surface area contributed by atoms with Gasteiger partial charge < -0.3 is 29.4 Å². The summed E-state index contributed by atoms with van der Waals surface area (Å²) < 4.78 is 13.1. The monoisotopic (exact) mass is 627 g/mol. The maximum atomic E-state index is 12.5. The van der Waals surface area contributed by atoms with Crippen LogP contribution in [0.3, 0.4) is 0 Å². The largest absolute Gasteiger partial charge is 0.481 e. The highest BCUT2D eigenvalue weighted by Crippen LogP contribution is 2.31. The summed E-state index contributed by atoms with van der Waals surface area (Å²) >= 11 is 1.52. The molecule has 1 aromatic heterocycles. The van der Waals surface area contributed by atoms with Gasteiger partial charge in [-0.3, -0.25) is 19.2 Å². The van der Waals surface area contributed by atoms with Gasteiger partial charge in [-0.1, -0.05) is 36.4 Å². The van der Waals surface area contributed by atoms with Crippen LogP contribution in [0.15, 0.2) is 53.8 Å². The van der Waals surface area contributed by atoms with E-state index in [1.54, 1.807) is 11.8 Å². The third kappa shape index (κ3) is 12.5. The van der Waals surface area contributed by atoms with Crippen LogP contribution in [-0.2, 0) is 19.1 Å². The van der Waals surface area contributed by atoms with Crippen molar-refractivity contribution >= 4 is 30.2 Å². The number of nitrogens with zero attached hydrogens (tertiary/aromatic N) is 2. The maximum Gasteiger partial charge on any atom is 0.254 e. The van der Waals surface area contributed by atoms with Gasteiger partial charge in [0.1, 0.15) is 18.0 Å². The van der Waals surface area contributed by atoms with Crippen molar-refractivity contribution in [2.24, 2.45) is 0 Å². The molecule has 1 unspecified atom stereocenters. The zero-order chi connectivity index (χ0) is 31.7. The van der Waals surface area contributed by atoms with E-state index >= 15 is 0 Å². The zero-order valence-corrected chi connectivity index (χ0v) is 26.5. The van der Waals surface area contributed by atoms with Crippen LogP contribution in [0.2, 0.25) is 0 Å². The van der Waals surface area contributed by atoms with Gasteiger partial charge in [0.2, 0.25) is 18.2 Å². The van der Waals surface area contributed by atoms with Gasteiger partial charge in [-0.2, -0.15) is 4.98 Å². The fourth-order valence-electron chi connectivity index (χ4n) is 4.37. The number of allylic oxidation sites excluding steroid dienone is 1. The van der Waals surface area contributed by atoms with E-state index in [9.17, 15) is 19.2 Å². The number of likely N-dealkylation sites (tertiary alicyclic amines) is 1. The predicted molar refractivity (Wildman–Crippen MR) is 172 cm³/mol. The van der Waals surface area contributed by atoms with E-state index in [0.29, 0.717) is 30.9 Å². The fourth-order valence-corrected chi connectivity index (χ4v) is 4.99. The Bertz CT molecular complexity index is 1250. The molecule has 3 N–H and O–H groups in total. The van der Waals surface area contributed by atoms with Crippen molar-refractivity contribution in [1.82, 2.24) is 24.9 Å². The van der Waals surface area contributed by atoms with Crippen molar-refractivity contribution in [1.29, 1.82) is 0 Å². The lowest BCUT2D eigenvalue weighted by Gasteiger charge is -2.26. The van der Waals surface area contributed by atoms with Crippen molar-refractivity contribution in [3.63, 3.8) is 0 Å². The normalized spacial score (nSPS) is 17.6. The Morgan fingerprint density at radius 1 is 1.18 bits per heavy atom. The van der Waals surface area contributed by atoms with Crippen LogP contribution in [0.5, 0.6) is 5.88 Å². The number of benzene rings is 1. The summed E-state index contributed by atoms with van der Waals surface area (Å²) in [6.45, 7) is 6.70. The summed E-state index contributed by atoms with van der Waals surface area (Å²) in [5.41, 5.74) is 0.634. The van der Waals surface area contributed by atoms with Crippen LogP contribution in [0.4, 0.5) is 0 Å². The van der Waals surface area contributed by atoms with Crippen LogP contribution in [0, 0.1) is 0 Å². The number of aromatic amines is 1. The molecule has 12 heteroatoms. The molecule has 3 amide bonds. The number of hydrogen-bond acceptors (Lipinski definition) is 8. The second-order valence-corrected chi connectivity index (χ2v) is 12.0. The van der Waals surface area contributed by atoms with Gasteiger partial charge in [0.15, 0.2) is 0 Å². The molecule has 1 aromatic carbocycles. The third-order valence-electron chi connectivity index (χ3n) is 7.06. The van der Waals surface area contributed by atoms with Crippen LogP contribution in [0.25, 0.3) is 11.4 Å². The molecule has 240 valence electrons. The van der Waals surface area contributed by atoms with Gasteiger partial charge in [-0.25, -0.2) is 0 Å². The number of ether oxygens (including phenoxy) is 2.